The Morgan fingerprint density at radius 1 is 1.07 bits per heavy atom. The molecular weight excluding hydrogens is 366 g/mol. The molecule has 0 unspecified atom stereocenters. The molecule has 1 aromatic carbocycles. The number of hydrogen-bond donors (Lipinski definition) is 1. The highest BCUT2D eigenvalue weighted by Gasteiger charge is 2.23. The molecule has 0 saturated carbocycles. The van der Waals surface area contributed by atoms with E-state index in [1.54, 1.807) is 13.3 Å². The Morgan fingerprint density at radius 3 is 2.72 bits per heavy atom. The van der Waals surface area contributed by atoms with Crippen LogP contribution in [-0.4, -0.2) is 41.4 Å². The Bertz CT molecular complexity index is 1050. The molecule has 0 bridgehead atoms. The van der Waals surface area contributed by atoms with Gasteiger partial charge in [0, 0.05) is 36.3 Å². The molecule has 2 aromatic heterocycles. The molecule has 3 aromatic rings. The number of pyridine rings is 1. The van der Waals surface area contributed by atoms with Crippen molar-refractivity contribution in [1.82, 2.24) is 15.2 Å². The number of hydrogen-bond acceptors (Lipinski definition) is 7. The molecule has 7 heteroatoms. The molecule has 7 nitrogen and oxygen atoms in total. The number of nitrogens with zero attached hydrogens (tertiary/aromatic N) is 4. The van der Waals surface area contributed by atoms with Crippen LogP contribution in [0, 0.1) is 0 Å². The molecule has 0 atom stereocenters. The Morgan fingerprint density at radius 2 is 1.90 bits per heavy atom. The minimum atomic E-state index is 0.303. The van der Waals surface area contributed by atoms with E-state index in [9.17, 15) is 0 Å². The Labute approximate surface area is 169 Å². The molecule has 0 spiro atoms. The lowest BCUT2D eigenvalue weighted by atomic mass is 9.95. The second-order valence-electron chi connectivity index (χ2n) is 7.49. The van der Waals surface area contributed by atoms with Crippen LogP contribution >= 0.6 is 0 Å². The number of fused-ring (bicyclic) bond motifs is 3. The quantitative estimate of drug-likeness (QED) is 0.737. The normalized spacial score (nSPS) is 16.0. The first-order chi connectivity index (χ1) is 14.2. The summed E-state index contributed by atoms with van der Waals surface area (Å²) in [7, 11) is 1.59. The van der Waals surface area contributed by atoms with E-state index in [0.29, 0.717) is 24.4 Å². The van der Waals surface area contributed by atoms with E-state index in [4.69, 9.17) is 20.2 Å². The topological polar surface area (TPSA) is 86.4 Å². The smallest absolute Gasteiger partial charge is 0.233 e. The van der Waals surface area contributed by atoms with Gasteiger partial charge in [-0.1, -0.05) is 12.1 Å². The van der Waals surface area contributed by atoms with E-state index in [1.165, 1.54) is 0 Å². The summed E-state index contributed by atoms with van der Waals surface area (Å²) in [5, 5.41) is 7.95. The van der Waals surface area contributed by atoms with Gasteiger partial charge >= 0.3 is 0 Å². The van der Waals surface area contributed by atoms with Gasteiger partial charge in [0.2, 0.25) is 11.8 Å². The van der Waals surface area contributed by atoms with Gasteiger partial charge in [-0.2, -0.15) is 10.1 Å². The maximum absolute atomic E-state index is 6.02. The Hall–Kier alpha value is -3.19. The lowest BCUT2D eigenvalue weighted by Crippen LogP contribution is -2.40. The largest absolute Gasteiger partial charge is 0.480 e. The average Bonchev–Trinajstić information content (AvgIpc) is 2.78. The predicted molar refractivity (Wildman–Crippen MR) is 111 cm³/mol. The number of methoxy groups -OCH3 is 1. The monoisotopic (exact) mass is 389 g/mol. The summed E-state index contributed by atoms with van der Waals surface area (Å²) in [4.78, 5) is 7.08. The van der Waals surface area contributed by atoms with Crippen LogP contribution in [0.5, 0.6) is 11.8 Å². The first-order valence-electron chi connectivity index (χ1n) is 9.86. The molecule has 2 aliphatic heterocycles. The van der Waals surface area contributed by atoms with E-state index >= 15 is 0 Å². The third kappa shape index (κ3) is 3.38. The highest BCUT2D eigenvalue weighted by atomic mass is 16.5. The van der Waals surface area contributed by atoms with E-state index < -0.39 is 0 Å². The van der Waals surface area contributed by atoms with E-state index in [0.717, 1.165) is 59.6 Å². The average molecular weight is 389 g/mol. The molecule has 0 amide bonds. The van der Waals surface area contributed by atoms with E-state index in [1.807, 2.05) is 6.07 Å². The van der Waals surface area contributed by atoms with Crippen LogP contribution in [0.3, 0.4) is 0 Å². The Balaban J connectivity index is 1.45. The molecule has 2 aliphatic rings. The van der Waals surface area contributed by atoms with Crippen LogP contribution in [0.25, 0.3) is 22.3 Å². The fourth-order valence-electron chi connectivity index (χ4n) is 3.96. The highest BCUT2D eigenvalue weighted by Crippen LogP contribution is 2.39. The van der Waals surface area contributed by atoms with Gasteiger partial charge in [0.15, 0.2) is 0 Å². The van der Waals surface area contributed by atoms with Gasteiger partial charge in [-0.05, 0) is 47.7 Å². The SMILES string of the molecule is COc1cc(-c2ccc3c(c2)COc2nc(N4CCC(N)CC4)ccc2-3)cnn1. The highest BCUT2D eigenvalue weighted by molar-refractivity contribution is 5.78. The van der Waals surface area contributed by atoms with Gasteiger partial charge in [-0.25, -0.2) is 0 Å². The number of rotatable bonds is 3. The van der Waals surface area contributed by atoms with Crippen LogP contribution in [0.1, 0.15) is 18.4 Å². The van der Waals surface area contributed by atoms with Crippen molar-refractivity contribution >= 4 is 5.82 Å². The zero-order valence-corrected chi connectivity index (χ0v) is 16.3. The summed E-state index contributed by atoms with van der Waals surface area (Å²) >= 11 is 0. The molecule has 0 radical (unpaired) electrons. The van der Waals surface area contributed by atoms with Crippen molar-refractivity contribution in [3.63, 3.8) is 0 Å². The molecule has 1 fully saturated rings. The molecule has 5 rings (SSSR count). The maximum atomic E-state index is 6.02. The molecule has 1 saturated heterocycles. The van der Waals surface area contributed by atoms with E-state index in [2.05, 4.69) is 45.4 Å². The summed E-state index contributed by atoms with van der Waals surface area (Å²) in [5.74, 6) is 2.16. The van der Waals surface area contributed by atoms with Gasteiger partial charge in [0.1, 0.15) is 12.4 Å². The van der Waals surface area contributed by atoms with Crippen molar-refractivity contribution in [2.75, 3.05) is 25.1 Å². The van der Waals surface area contributed by atoms with Gasteiger partial charge < -0.3 is 20.1 Å². The number of ether oxygens (including phenoxy) is 2. The van der Waals surface area contributed by atoms with Crippen molar-refractivity contribution in [3.05, 3.63) is 48.2 Å². The number of aromatic nitrogens is 3. The molecule has 29 heavy (non-hydrogen) atoms. The number of piperidine rings is 1. The van der Waals surface area contributed by atoms with Gasteiger partial charge in [-0.15, -0.1) is 5.10 Å². The lowest BCUT2D eigenvalue weighted by Gasteiger charge is -2.32. The van der Waals surface area contributed by atoms with Crippen LogP contribution in [0.15, 0.2) is 42.6 Å². The minimum absolute atomic E-state index is 0.303. The lowest BCUT2D eigenvalue weighted by molar-refractivity contribution is 0.290. The molecule has 148 valence electrons. The van der Waals surface area contributed by atoms with Crippen molar-refractivity contribution < 1.29 is 9.47 Å². The molecular formula is C22H23N5O2. The zero-order chi connectivity index (χ0) is 19.8. The summed E-state index contributed by atoms with van der Waals surface area (Å²) in [6.07, 6.45) is 3.74. The number of benzene rings is 1. The standard InChI is InChI=1S/C22H23N5O2/c1-28-21-11-15(12-24-26-21)14-2-3-18-16(10-14)13-29-22-19(18)4-5-20(25-22)27-8-6-17(23)7-9-27/h2-5,10-12,17H,6-9,13,23H2,1H3. The minimum Gasteiger partial charge on any atom is -0.480 e. The second-order valence-corrected chi connectivity index (χ2v) is 7.49. The van der Waals surface area contributed by atoms with Crippen molar-refractivity contribution in [1.29, 1.82) is 0 Å². The maximum Gasteiger partial charge on any atom is 0.233 e. The van der Waals surface area contributed by atoms with Crippen molar-refractivity contribution in [2.24, 2.45) is 5.73 Å². The first-order valence-corrected chi connectivity index (χ1v) is 9.86. The third-order valence-electron chi connectivity index (χ3n) is 5.64. The summed E-state index contributed by atoms with van der Waals surface area (Å²) < 4.78 is 11.2. The number of anilines is 1. The molecule has 0 aliphatic carbocycles. The van der Waals surface area contributed by atoms with E-state index in [-0.39, 0.29) is 0 Å². The van der Waals surface area contributed by atoms with Gasteiger partial charge in [0.05, 0.1) is 13.3 Å². The third-order valence-corrected chi connectivity index (χ3v) is 5.64. The Kier molecular flexibility index (Phi) is 4.52. The van der Waals surface area contributed by atoms with Crippen molar-refractivity contribution in [2.45, 2.75) is 25.5 Å². The van der Waals surface area contributed by atoms with Crippen molar-refractivity contribution in [3.8, 4) is 34.0 Å². The van der Waals surface area contributed by atoms with Crippen LogP contribution < -0.4 is 20.1 Å². The molecule has 2 N–H and O–H groups in total. The fraction of sp³-hybridized carbons (Fsp3) is 0.318. The zero-order valence-electron chi connectivity index (χ0n) is 16.3. The van der Waals surface area contributed by atoms with Gasteiger partial charge in [-0.3, -0.25) is 0 Å². The van der Waals surface area contributed by atoms with Crippen LogP contribution in [0.4, 0.5) is 5.82 Å². The molecule has 4 heterocycles. The summed E-state index contributed by atoms with van der Waals surface area (Å²) in [6.45, 7) is 2.37. The summed E-state index contributed by atoms with van der Waals surface area (Å²) in [6, 6.07) is 12.7. The second kappa shape index (κ2) is 7.33. The van der Waals surface area contributed by atoms with Crippen LogP contribution in [-0.2, 0) is 6.61 Å². The van der Waals surface area contributed by atoms with Crippen LogP contribution in [0.2, 0.25) is 0 Å². The first kappa shape index (κ1) is 17.9. The fourth-order valence-corrected chi connectivity index (χ4v) is 3.96. The predicted octanol–water partition coefficient (Wildman–Crippen LogP) is 3.03. The number of nitrogens with two attached hydrogens (primary N) is 1. The summed E-state index contributed by atoms with van der Waals surface area (Å²) in [5.41, 5.74) is 11.4. The van der Waals surface area contributed by atoms with Gasteiger partial charge in [0.25, 0.3) is 0 Å².